The maximum atomic E-state index is 12.2. The molecule has 1 aromatic rings. The van der Waals surface area contributed by atoms with Gasteiger partial charge in [0.05, 0.1) is 0 Å². The molecule has 0 spiro atoms. The van der Waals surface area contributed by atoms with Crippen molar-refractivity contribution in [3.63, 3.8) is 0 Å². The van der Waals surface area contributed by atoms with Crippen LogP contribution in [0.5, 0.6) is 0 Å². The van der Waals surface area contributed by atoms with Crippen molar-refractivity contribution in [2.45, 2.75) is 49.1 Å². The summed E-state index contributed by atoms with van der Waals surface area (Å²) >= 11 is 23.8. The van der Waals surface area contributed by atoms with Gasteiger partial charge >= 0.3 is 0 Å². The van der Waals surface area contributed by atoms with Crippen LogP contribution >= 0.6 is 47.0 Å². The van der Waals surface area contributed by atoms with Gasteiger partial charge in [-0.3, -0.25) is 9.59 Å². The molecule has 2 bridgehead atoms. The Morgan fingerprint density at radius 2 is 1.97 bits per heavy atom. The molecule has 2 aliphatic heterocycles. The van der Waals surface area contributed by atoms with E-state index in [-0.39, 0.29) is 23.3 Å². The molecule has 1 aromatic heterocycles. The maximum absolute atomic E-state index is 12.2. The number of thiocarbonyl (C=S) groups is 1. The van der Waals surface area contributed by atoms with Gasteiger partial charge in [0.2, 0.25) is 9.70 Å². The van der Waals surface area contributed by atoms with Crippen LogP contribution in [0, 0.1) is 11.8 Å². The summed E-state index contributed by atoms with van der Waals surface area (Å²) in [4.78, 5) is 26.4. The first kappa shape index (κ1) is 22.7. The zero-order chi connectivity index (χ0) is 21.3. The molecule has 2 N–H and O–H groups in total. The highest BCUT2D eigenvalue weighted by Gasteiger charge is 2.38. The molecule has 0 unspecified atom stereocenters. The summed E-state index contributed by atoms with van der Waals surface area (Å²) in [6.45, 7) is 5.92. The van der Waals surface area contributed by atoms with E-state index in [1.807, 2.05) is 29.4 Å². The van der Waals surface area contributed by atoms with Gasteiger partial charge in [0.25, 0.3) is 5.56 Å². The average Bonchev–Trinajstić information content (AvgIpc) is 2.60. The van der Waals surface area contributed by atoms with Crippen molar-refractivity contribution in [3.05, 3.63) is 34.2 Å². The zero-order valence-electron chi connectivity index (χ0n) is 16.3. The number of carbonyl (C=O) groups is 1. The topological polar surface area (TPSA) is 66.4 Å². The standard InChI is InChI=1S/C19H25Cl3N4O2S/c1-11(2)6-15(27)23-17(19(20,21)22)24-18(29)25-8-12-7-13(10-25)14-4-3-5-16(28)26(14)9-12/h3-5,11-13,17H,6-10H2,1-2H3,(H,23,27)(H,24,29)/t12-,13-,17-/m1/s1. The SMILES string of the molecule is CC(C)CC(=O)N[C@H](NC(=S)N1C[C@H]2C[C@H](C1)c1cccc(=O)n1C2)C(Cl)(Cl)Cl. The van der Waals surface area contributed by atoms with Crippen molar-refractivity contribution in [2.75, 3.05) is 13.1 Å². The molecule has 0 aromatic carbocycles. The number of halogens is 3. The number of amides is 1. The number of piperidine rings is 1. The lowest BCUT2D eigenvalue weighted by Gasteiger charge is -2.44. The smallest absolute Gasteiger partial charge is 0.250 e. The van der Waals surface area contributed by atoms with Gasteiger partial charge in [-0.05, 0) is 36.5 Å². The summed E-state index contributed by atoms with van der Waals surface area (Å²) in [6, 6.07) is 5.39. The first-order valence-corrected chi connectivity index (χ1v) is 11.2. The molecule has 160 valence electrons. The number of aromatic nitrogens is 1. The molecule has 10 heteroatoms. The van der Waals surface area contributed by atoms with Gasteiger partial charge in [-0.1, -0.05) is 54.7 Å². The number of hydrogen-bond donors (Lipinski definition) is 2. The molecule has 1 fully saturated rings. The molecule has 3 atom stereocenters. The number of alkyl halides is 3. The summed E-state index contributed by atoms with van der Waals surface area (Å²) in [6.07, 6.45) is 0.398. The Kier molecular flexibility index (Phi) is 7.03. The van der Waals surface area contributed by atoms with E-state index in [1.54, 1.807) is 12.1 Å². The van der Waals surface area contributed by atoms with Crippen molar-refractivity contribution in [3.8, 4) is 0 Å². The minimum absolute atomic E-state index is 0.0375. The third kappa shape index (κ3) is 5.57. The number of likely N-dealkylation sites (tertiary alicyclic amines) is 1. The fourth-order valence-corrected chi connectivity index (χ4v) is 4.66. The van der Waals surface area contributed by atoms with Crippen LogP contribution in [0.25, 0.3) is 0 Å². The van der Waals surface area contributed by atoms with E-state index in [9.17, 15) is 9.59 Å². The second kappa shape index (κ2) is 9.00. The second-order valence-electron chi connectivity index (χ2n) is 8.19. The predicted molar refractivity (Wildman–Crippen MR) is 121 cm³/mol. The van der Waals surface area contributed by atoms with Crippen LogP contribution in [0.2, 0.25) is 0 Å². The third-order valence-electron chi connectivity index (χ3n) is 5.26. The van der Waals surface area contributed by atoms with Crippen LogP contribution in [-0.2, 0) is 11.3 Å². The number of pyridine rings is 1. The van der Waals surface area contributed by atoms with Crippen molar-refractivity contribution in [1.29, 1.82) is 0 Å². The minimum atomic E-state index is -1.76. The summed E-state index contributed by atoms with van der Waals surface area (Å²) in [5.74, 6) is 0.485. The first-order chi connectivity index (χ1) is 13.5. The molecule has 2 aliphatic rings. The molecule has 3 rings (SSSR count). The van der Waals surface area contributed by atoms with Crippen LogP contribution in [-0.4, -0.2) is 43.5 Å². The van der Waals surface area contributed by atoms with E-state index in [2.05, 4.69) is 10.6 Å². The van der Waals surface area contributed by atoms with E-state index >= 15 is 0 Å². The Hall–Kier alpha value is -1.02. The molecule has 0 saturated carbocycles. The lowest BCUT2D eigenvalue weighted by Crippen LogP contribution is -2.60. The van der Waals surface area contributed by atoms with Gasteiger partial charge in [0.15, 0.2) is 5.11 Å². The number of carbonyl (C=O) groups excluding carboxylic acids is 1. The molecular weight excluding hydrogens is 455 g/mol. The largest absolute Gasteiger partial charge is 0.348 e. The summed E-state index contributed by atoms with van der Waals surface area (Å²) in [5.41, 5.74) is 1.07. The fourth-order valence-electron chi connectivity index (χ4n) is 4.07. The summed E-state index contributed by atoms with van der Waals surface area (Å²) < 4.78 is 0.102. The van der Waals surface area contributed by atoms with Gasteiger partial charge in [-0.25, -0.2) is 0 Å². The highest BCUT2D eigenvalue weighted by atomic mass is 35.6. The van der Waals surface area contributed by atoms with Crippen molar-refractivity contribution < 1.29 is 4.79 Å². The van der Waals surface area contributed by atoms with E-state index in [0.717, 1.165) is 12.1 Å². The monoisotopic (exact) mass is 478 g/mol. The molecule has 1 amide bonds. The Morgan fingerprint density at radius 1 is 1.24 bits per heavy atom. The van der Waals surface area contributed by atoms with Gasteiger partial charge in [-0.15, -0.1) is 0 Å². The molecule has 0 aliphatic carbocycles. The predicted octanol–water partition coefficient (Wildman–Crippen LogP) is 3.00. The van der Waals surface area contributed by atoms with Gasteiger partial charge in [-0.2, -0.15) is 0 Å². The van der Waals surface area contributed by atoms with E-state index in [4.69, 9.17) is 47.0 Å². The lowest BCUT2D eigenvalue weighted by molar-refractivity contribution is -0.122. The van der Waals surface area contributed by atoms with Crippen LogP contribution in [0.3, 0.4) is 0 Å². The molecule has 29 heavy (non-hydrogen) atoms. The minimum Gasteiger partial charge on any atom is -0.348 e. The number of fused-ring (bicyclic) bond motifs is 4. The van der Waals surface area contributed by atoms with Crippen LogP contribution in [0.4, 0.5) is 0 Å². The Bertz CT molecular complexity index is 839. The molecule has 3 heterocycles. The highest BCUT2D eigenvalue weighted by molar-refractivity contribution is 7.80. The van der Waals surface area contributed by atoms with Crippen LogP contribution < -0.4 is 16.2 Å². The third-order valence-corrected chi connectivity index (χ3v) is 6.29. The summed E-state index contributed by atoms with van der Waals surface area (Å²) in [5, 5.41) is 6.17. The fraction of sp³-hybridized carbons (Fsp3) is 0.632. The molecule has 0 radical (unpaired) electrons. The maximum Gasteiger partial charge on any atom is 0.250 e. The Labute approximate surface area is 190 Å². The van der Waals surface area contributed by atoms with E-state index in [1.165, 1.54) is 0 Å². The van der Waals surface area contributed by atoms with E-state index in [0.29, 0.717) is 37.1 Å². The summed E-state index contributed by atoms with van der Waals surface area (Å²) in [7, 11) is 0. The molecule has 6 nitrogen and oxygen atoms in total. The lowest BCUT2D eigenvalue weighted by atomic mass is 9.83. The van der Waals surface area contributed by atoms with Crippen LogP contribution in [0.15, 0.2) is 23.0 Å². The number of nitrogens with one attached hydrogen (secondary N) is 2. The highest BCUT2D eigenvalue weighted by Crippen LogP contribution is 2.35. The Morgan fingerprint density at radius 3 is 2.62 bits per heavy atom. The second-order valence-corrected chi connectivity index (χ2v) is 10.9. The van der Waals surface area contributed by atoms with Gasteiger partial charge < -0.3 is 20.1 Å². The van der Waals surface area contributed by atoms with Gasteiger partial charge in [0, 0.05) is 43.7 Å². The Balaban J connectivity index is 1.70. The molecule has 1 saturated heterocycles. The van der Waals surface area contributed by atoms with Crippen LogP contribution in [0.1, 0.15) is 38.3 Å². The average molecular weight is 480 g/mol. The zero-order valence-corrected chi connectivity index (χ0v) is 19.4. The van der Waals surface area contributed by atoms with Gasteiger partial charge in [0.1, 0.15) is 6.17 Å². The normalized spacial score (nSPS) is 22.1. The number of nitrogens with zero attached hydrogens (tertiary/aromatic N) is 2. The number of rotatable bonds is 4. The molecular formula is C19H25Cl3N4O2S. The quantitative estimate of drug-likeness (QED) is 0.395. The van der Waals surface area contributed by atoms with E-state index < -0.39 is 9.96 Å². The van der Waals surface area contributed by atoms with Crippen molar-refractivity contribution in [1.82, 2.24) is 20.1 Å². The first-order valence-electron chi connectivity index (χ1n) is 9.66. The van der Waals surface area contributed by atoms with Crippen molar-refractivity contribution >= 4 is 58.0 Å². The number of hydrogen-bond acceptors (Lipinski definition) is 3. The van der Waals surface area contributed by atoms with Crippen molar-refractivity contribution in [2.24, 2.45) is 11.8 Å².